The van der Waals surface area contributed by atoms with Crippen molar-refractivity contribution in [2.24, 2.45) is 0 Å². The van der Waals surface area contributed by atoms with Crippen LogP contribution in [-0.4, -0.2) is 82.8 Å². The smallest absolute Gasteiger partial charge is 0.415 e. The predicted octanol–water partition coefficient (Wildman–Crippen LogP) is 7.37. The molecule has 2 saturated heterocycles. The number of nitrogens with zero attached hydrogens (tertiary/aromatic N) is 2. The van der Waals surface area contributed by atoms with Gasteiger partial charge in [0.25, 0.3) is 0 Å². The molecule has 250 valence electrons. The number of carbonyl (C=O) groups excluding carboxylic acids is 2. The highest BCUT2D eigenvalue weighted by Gasteiger charge is 2.47. The molecule has 1 unspecified atom stereocenters. The molecule has 3 aliphatic rings. The molecule has 1 aromatic carbocycles. The van der Waals surface area contributed by atoms with Gasteiger partial charge in [0.15, 0.2) is 23.0 Å². The highest BCUT2D eigenvalue weighted by Crippen LogP contribution is 2.37. The van der Waals surface area contributed by atoms with Crippen LogP contribution in [0.2, 0.25) is 0 Å². The lowest BCUT2D eigenvalue weighted by Crippen LogP contribution is -2.47. The molecule has 2 aliphatic heterocycles. The van der Waals surface area contributed by atoms with Crippen molar-refractivity contribution in [1.82, 2.24) is 4.90 Å². The van der Waals surface area contributed by atoms with Crippen LogP contribution in [0.4, 0.5) is 10.5 Å². The molecule has 0 aromatic heterocycles. The Balaban J connectivity index is 0.00000136. The Morgan fingerprint density at radius 1 is 1.15 bits per heavy atom. The Bertz CT molecular complexity index is 1370. The molecule has 2 fully saturated rings. The van der Waals surface area contributed by atoms with Crippen molar-refractivity contribution in [2.45, 2.75) is 38.7 Å². The zero-order valence-corrected chi connectivity index (χ0v) is 30.6. The van der Waals surface area contributed by atoms with E-state index in [1.165, 1.54) is 12.7 Å². The van der Waals surface area contributed by atoms with Gasteiger partial charge in [-0.05, 0) is 54.4 Å². The Labute approximate surface area is 289 Å². The average Bonchev–Trinajstić information content (AvgIpc) is 3.23. The topological polar surface area (TPSA) is 86.8 Å². The van der Waals surface area contributed by atoms with Crippen molar-refractivity contribution in [3.8, 4) is 5.75 Å². The van der Waals surface area contributed by atoms with Gasteiger partial charge in [0.1, 0.15) is 16.9 Å². The van der Waals surface area contributed by atoms with E-state index in [4.69, 9.17) is 17.3 Å². The van der Waals surface area contributed by atoms with Crippen LogP contribution in [-0.2, 0) is 17.3 Å². The van der Waals surface area contributed by atoms with E-state index in [1.807, 2.05) is 13.8 Å². The van der Waals surface area contributed by atoms with Gasteiger partial charge in [-0.15, -0.1) is 9.24 Å². The van der Waals surface area contributed by atoms with Crippen molar-refractivity contribution in [1.29, 1.82) is 0 Å². The van der Waals surface area contributed by atoms with E-state index in [-0.39, 0.29) is 6.09 Å². The summed E-state index contributed by atoms with van der Waals surface area (Å²) in [5.74, 6) is -0.164. The molecule has 1 amide bonds. The van der Waals surface area contributed by atoms with Crippen LogP contribution in [0, 0.1) is 0 Å². The second-order valence-electron chi connectivity index (χ2n) is 11.0. The highest BCUT2D eigenvalue weighted by atomic mass is 127. The SMILES string of the molecule is C=C(/C=C\C(=C/COCC)CN1CCC2(CC1)CN(c1ccc(C(=O)OI)c(OC)c1)C(=O)O2)C1=CC=C(P)C=CC1.CCOC. The summed E-state index contributed by atoms with van der Waals surface area (Å²) < 4.78 is 26.3. The van der Waals surface area contributed by atoms with Gasteiger partial charge in [0.05, 0.1) is 25.9 Å². The van der Waals surface area contributed by atoms with E-state index in [2.05, 4.69) is 68.0 Å². The van der Waals surface area contributed by atoms with Crippen LogP contribution in [0.5, 0.6) is 5.75 Å². The molecular weight excluding hydrogens is 718 g/mol. The summed E-state index contributed by atoms with van der Waals surface area (Å²) in [6, 6.07) is 4.99. The standard InChI is InChI=1S/C32H38IN2O6P.C3H8O/c1-4-39-19-14-24(9-8-23(2)25-6-5-7-27(42)12-10-25)21-34-17-15-32(16-18-34)22-35(31(37)40-32)26-11-13-28(30(36)41-33)29(20-26)38-3;1-3-4-2/h5,7-14,20H,2,4,6,15-19,21-22,42H2,1,3H3;3H2,1-2H3/b9-8-,24-14+;. The quantitative estimate of drug-likeness (QED) is 0.0945. The Morgan fingerprint density at radius 2 is 1.89 bits per heavy atom. The second kappa shape index (κ2) is 19.2. The van der Waals surface area contributed by atoms with E-state index in [1.54, 1.807) is 53.2 Å². The molecule has 0 bridgehead atoms. The van der Waals surface area contributed by atoms with Crippen molar-refractivity contribution in [3.05, 3.63) is 94.9 Å². The molecule has 2 heterocycles. The molecule has 9 nitrogen and oxygen atoms in total. The van der Waals surface area contributed by atoms with Crippen molar-refractivity contribution >= 4 is 50.0 Å². The number of hydrogen-bond donors (Lipinski definition) is 0. The van der Waals surface area contributed by atoms with Crippen molar-refractivity contribution in [3.63, 3.8) is 0 Å². The summed E-state index contributed by atoms with van der Waals surface area (Å²) in [6.45, 7) is 13.1. The molecular formula is C35H46IN2O7P. The molecule has 1 spiro atoms. The molecule has 1 atom stereocenters. The Kier molecular flexibility index (Phi) is 15.7. The minimum absolute atomic E-state index is 0.297. The molecule has 1 aliphatic carbocycles. The Hall–Kier alpha value is -2.76. The second-order valence-corrected chi connectivity index (χ2v) is 12.1. The van der Waals surface area contributed by atoms with E-state index in [9.17, 15) is 9.59 Å². The minimum atomic E-state index is -0.552. The summed E-state index contributed by atoms with van der Waals surface area (Å²) in [5.41, 5.74) is 3.71. The van der Waals surface area contributed by atoms with Crippen molar-refractivity contribution < 1.29 is 31.6 Å². The fraction of sp³-hybridized carbons (Fsp3) is 0.429. The van der Waals surface area contributed by atoms with E-state index in [0.29, 0.717) is 36.8 Å². The maximum absolute atomic E-state index is 13.0. The third kappa shape index (κ3) is 10.9. The number of allylic oxidation sites excluding steroid dienone is 8. The predicted molar refractivity (Wildman–Crippen MR) is 195 cm³/mol. The van der Waals surface area contributed by atoms with E-state index in [0.717, 1.165) is 62.0 Å². The van der Waals surface area contributed by atoms with Gasteiger partial charge in [-0.25, -0.2) is 9.59 Å². The summed E-state index contributed by atoms with van der Waals surface area (Å²) in [5, 5.41) is 1.15. The normalized spacial score (nSPS) is 18.0. The average molecular weight is 765 g/mol. The van der Waals surface area contributed by atoms with Gasteiger partial charge in [-0.3, -0.25) is 9.80 Å². The lowest BCUT2D eigenvalue weighted by atomic mass is 9.91. The largest absolute Gasteiger partial charge is 0.496 e. The number of carbonyl (C=O) groups is 2. The molecule has 0 saturated carbocycles. The lowest BCUT2D eigenvalue weighted by molar-refractivity contribution is 0.00314. The van der Waals surface area contributed by atoms with Crippen LogP contribution >= 0.6 is 32.2 Å². The van der Waals surface area contributed by atoms with Gasteiger partial charge >= 0.3 is 12.1 Å². The minimum Gasteiger partial charge on any atom is -0.496 e. The number of rotatable bonds is 12. The van der Waals surface area contributed by atoms with Crippen LogP contribution in [0.25, 0.3) is 0 Å². The lowest BCUT2D eigenvalue weighted by Gasteiger charge is -2.37. The molecule has 46 heavy (non-hydrogen) atoms. The van der Waals surface area contributed by atoms with Crippen LogP contribution in [0.3, 0.4) is 0 Å². The maximum atomic E-state index is 13.0. The van der Waals surface area contributed by atoms with Gasteiger partial charge in [0.2, 0.25) is 0 Å². The monoisotopic (exact) mass is 764 g/mol. The first kappa shape index (κ1) is 37.7. The number of methoxy groups -OCH3 is 2. The summed E-state index contributed by atoms with van der Waals surface area (Å²) in [4.78, 5) is 29.0. The van der Waals surface area contributed by atoms with Gasteiger partial charge in [-0.1, -0.05) is 49.1 Å². The number of amides is 1. The third-order valence-corrected chi connectivity index (χ3v) is 8.71. The molecule has 11 heteroatoms. The number of hydrogen-bond acceptors (Lipinski definition) is 8. The first-order valence-corrected chi connectivity index (χ1v) is 16.8. The fourth-order valence-corrected chi connectivity index (χ4v) is 5.65. The number of piperidine rings is 1. The molecule has 0 radical (unpaired) electrons. The zero-order valence-electron chi connectivity index (χ0n) is 27.3. The van der Waals surface area contributed by atoms with Crippen molar-refractivity contribution in [2.75, 3.05) is 65.1 Å². The number of ether oxygens (including phenoxy) is 4. The van der Waals surface area contributed by atoms with Crippen LogP contribution < -0.4 is 9.64 Å². The number of anilines is 1. The van der Waals surface area contributed by atoms with E-state index >= 15 is 0 Å². The fourth-order valence-electron chi connectivity index (χ4n) is 5.18. The van der Waals surface area contributed by atoms with Crippen LogP contribution in [0.15, 0.2) is 89.3 Å². The maximum Gasteiger partial charge on any atom is 0.415 e. The van der Waals surface area contributed by atoms with Gasteiger partial charge in [0, 0.05) is 58.9 Å². The van der Waals surface area contributed by atoms with E-state index < -0.39 is 11.6 Å². The molecule has 1 aromatic rings. The molecule has 0 N–H and O–H groups in total. The van der Waals surface area contributed by atoms with Gasteiger partial charge in [-0.2, -0.15) is 0 Å². The van der Waals surface area contributed by atoms with Crippen LogP contribution in [0.1, 0.15) is 43.5 Å². The zero-order chi connectivity index (χ0) is 33.5. The first-order chi connectivity index (χ1) is 22.2. The summed E-state index contributed by atoms with van der Waals surface area (Å²) >= 11 is 1.54. The number of halogens is 1. The summed E-state index contributed by atoms with van der Waals surface area (Å²) in [7, 11) is 5.89. The van der Waals surface area contributed by atoms with Gasteiger partial charge < -0.3 is 22.0 Å². The highest BCUT2D eigenvalue weighted by molar-refractivity contribution is 14.1. The summed E-state index contributed by atoms with van der Waals surface area (Å²) in [6.07, 6.45) is 16.7. The first-order valence-electron chi connectivity index (χ1n) is 15.4. The third-order valence-electron chi connectivity index (χ3n) is 7.92. The molecule has 4 rings (SSSR count). The number of likely N-dealkylation sites (tertiary alicyclic amines) is 1. The Morgan fingerprint density at radius 3 is 2.54 bits per heavy atom. The number of benzene rings is 1.